The number of fused-ring (bicyclic) bond motifs is 3. The van der Waals surface area contributed by atoms with Crippen LogP contribution in [-0.2, 0) is 65.8 Å². The van der Waals surface area contributed by atoms with Gasteiger partial charge in [0.15, 0.2) is 41.6 Å². The molecule has 4 fully saturated rings. The van der Waals surface area contributed by atoms with E-state index in [2.05, 4.69) is 107 Å². The van der Waals surface area contributed by atoms with Gasteiger partial charge in [0, 0.05) is 39.3 Å². The first kappa shape index (κ1) is 65.1. The molecule has 19 heteroatoms. The predicted octanol–water partition coefficient (Wildman–Crippen LogP) is 9.11. The van der Waals surface area contributed by atoms with E-state index >= 15 is 0 Å². The van der Waals surface area contributed by atoms with Gasteiger partial charge in [0.2, 0.25) is 0 Å². The molecule has 0 aliphatic carbocycles. The lowest BCUT2D eigenvalue weighted by Crippen LogP contribution is -2.67. The van der Waals surface area contributed by atoms with Gasteiger partial charge in [-0.2, -0.15) is 0 Å². The molecule has 13 unspecified atom stereocenters. The van der Waals surface area contributed by atoms with E-state index in [1.54, 1.807) is 14.0 Å². The number of cyclic esters (lactones) is 1. The Morgan fingerprint density at radius 1 is 0.737 bits per heavy atom. The number of allylic oxidation sites excluding steroid dienone is 2. The van der Waals surface area contributed by atoms with Crippen LogP contribution in [0.1, 0.15) is 135 Å². The summed E-state index contributed by atoms with van der Waals surface area (Å²) in [4.78, 5) is 31.5. The molecule has 17 nitrogen and oxygen atoms in total. The second kappa shape index (κ2) is 26.5. The largest absolute Gasteiger partial charge is 0.462 e. The molecule has 0 saturated carbocycles. The predicted molar refractivity (Wildman–Crippen MR) is 297 cm³/mol. The minimum atomic E-state index is -2.50. The van der Waals surface area contributed by atoms with E-state index in [-0.39, 0.29) is 53.0 Å². The first-order valence-corrected chi connectivity index (χ1v) is 34.1. The first-order chi connectivity index (χ1) is 35.0. The molecule has 0 aromatic rings. The Balaban J connectivity index is 1.57. The Bertz CT molecular complexity index is 1920. The average Bonchev–Trinajstić information content (AvgIpc) is 3.38. The van der Waals surface area contributed by atoms with Gasteiger partial charge in [0.1, 0.15) is 24.6 Å². The summed E-state index contributed by atoms with van der Waals surface area (Å²) in [6, 6.07) is -0.351. The fourth-order valence-corrected chi connectivity index (χ4v) is 13.8. The Hall–Kier alpha value is -1.67. The summed E-state index contributed by atoms with van der Waals surface area (Å²) in [6.45, 7) is 34.9. The van der Waals surface area contributed by atoms with Crippen molar-refractivity contribution in [3.05, 3.63) is 24.3 Å². The zero-order valence-electron chi connectivity index (χ0n) is 50.8. The Kier molecular flexibility index (Phi) is 22.7. The van der Waals surface area contributed by atoms with Crippen LogP contribution in [0.4, 0.5) is 0 Å². The summed E-state index contributed by atoms with van der Waals surface area (Å²) in [5.41, 5.74) is -1.29. The van der Waals surface area contributed by atoms with E-state index in [0.717, 1.165) is 12.8 Å². The summed E-state index contributed by atoms with van der Waals surface area (Å²) in [5.74, 6) is -1.45. The number of hydrogen-bond donors (Lipinski definition) is 1. The molecule has 0 aromatic heterocycles. The second-order valence-electron chi connectivity index (χ2n) is 26.5. The molecule has 2 bridgehead atoms. The first-order valence-electron chi connectivity index (χ1n) is 28.3. The Morgan fingerprint density at radius 2 is 1.37 bits per heavy atom. The molecule has 5 aliphatic heterocycles. The minimum absolute atomic E-state index is 0.0280. The fourth-order valence-electron chi connectivity index (χ4n) is 11.2. The molecule has 0 aromatic carbocycles. The number of esters is 2. The second-order valence-corrected chi connectivity index (χ2v) is 36.0. The van der Waals surface area contributed by atoms with E-state index in [1.807, 2.05) is 58.0 Å². The number of rotatable bonds is 14. The highest BCUT2D eigenvalue weighted by molar-refractivity contribution is 6.74. The minimum Gasteiger partial charge on any atom is -0.462 e. The molecule has 0 radical (unpaired) electrons. The highest BCUT2D eigenvalue weighted by Gasteiger charge is 2.56. The molecule has 1 N–H and O–H groups in total. The van der Waals surface area contributed by atoms with Crippen molar-refractivity contribution >= 4 is 28.6 Å². The van der Waals surface area contributed by atoms with Crippen molar-refractivity contribution in [1.29, 1.82) is 0 Å². The van der Waals surface area contributed by atoms with E-state index in [0.29, 0.717) is 19.3 Å². The van der Waals surface area contributed by atoms with Crippen molar-refractivity contribution in [3.63, 3.8) is 0 Å². The molecular formula is C57H104N2O15Si2. The lowest BCUT2D eigenvalue weighted by molar-refractivity contribution is -0.343. The van der Waals surface area contributed by atoms with Crippen LogP contribution in [0.3, 0.4) is 0 Å². The van der Waals surface area contributed by atoms with E-state index in [1.165, 1.54) is 6.92 Å². The molecule has 5 rings (SSSR count). The number of aliphatic hydroxyl groups is 1. The third-order valence-electron chi connectivity index (χ3n) is 17.5. The van der Waals surface area contributed by atoms with E-state index in [9.17, 15) is 14.7 Å². The van der Waals surface area contributed by atoms with Gasteiger partial charge >= 0.3 is 11.9 Å². The molecule has 0 amide bonds. The maximum atomic E-state index is 14.0. The number of carbonyl (C=O) groups is 2. The van der Waals surface area contributed by atoms with Gasteiger partial charge in [-0.05, 0) is 130 Å². The van der Waals surface area contributed by atoms with Gasteiger partial charge in [-0.3, -0.25) is 9.59 Å². The molecule has 76 heavy (non-hydrogen) atoms. The monoisotopic (exact) mass is 1110 g/mol. The quantitative estimate of drug-likeness (QED) is 0.129. The van der Waals surface area contributed by atoms with Crippen LogP contribution in [0.5, 0.6) is 0 Å². The van der Waals surface area contributed by atoms with Crippen molar-refractivity contribution in [2.45, 2.75) is 281 Å². The lowest BCUT2D eigenvalue weighted by atomic mass is 9.82. The van der Waals surface area contributed by atoms with Gasteiger partial charge in [-0.1, -0.05) is 72.8 Å². The Labute approximate surface area is 460 Å². The van der Waals surface area contributed by atoms with Crippen molar-refractivity contribution in [2.24, 2.45) is 11.8 Å². The number of hydrogen-bond acceptors (Lipinski definition) is 17. The van der Waals surface area contributed by atoms with Crippen LogP contribution in [0.2, 0.25) is 36.3 Å². The maximum Gasteiger partial charge on any atom is 0.308 e. The van der Waals surface area contributed by atoms with Gasteiger partial charge in [0.05, 0.1) is 60.8 Å². The average molecular weight is 1110 g/mol. The Morgan fingerprint density at radius 3 is 1.93 bits per heavy atom. The normalized spacial score (nSPS) is 40.9. The zero-order valence-corrected chi connectivity index (χ0v) is 52.8. The molecule has 4 saturated heterocycles. The van der Waals surface area contributed by atoms with Gasteiger partial charge < -0.3 is 71.1 Å². The van der Waals surface area contributed by atoms with Crippen molar-refractivity contribution in [3.8, 4) is 0 Å². The summed E-state index contributed by atoms with van der Waals surface area (Å²) in [7, 11) is 4.77. The molecule has 440 valence electrons. The SMILES string of the molecule is CO[C@@H]1C(OC2OC(C)C(OC3CC(C)(O)C(O[Si](C)(C)C(C)(C)C)C(C)O3)C(N(C)C)C2OC(C)=O)[C@H]2C[C@H](O[Si](C)(C)C(C)(C)C)O[C@@H]1CC(=O)O[C@H](C)C/C=C/C=C/[C@H](OC1CCC(N(C)C)C(C)O1)[C@H](C)C2. The maximum absolute atomic E-state index is 14.0. The zero-order chi connectivity index (χ0) is 57.0. The standard InChI is InChI=1S/C57H104N2O15Si2/c1-34-30-40-31-46(73-75(19,20)55(7,8)9)70-43(32-44(61)64-35(2)26-24-23-25-27-42(34)69-45-29-28-41(58(14)15)36(3)65-45)51(63-18)50(40)72-54-52(68-39(6)60)48(59(16)17)49(37(4)67-54)71-47-33-57(13,62)53(38(5)66-47)74-76(21,22)56(10,11)12/h23-25,27,34-38,40-43,45-54,62H,26,28-33H2,1-22H3/b24-23+,27-25+/t34-,35-,36?,37?,38?,40-,41?,42+,43-,45?,46+,47?,48?,49?,50?,51+,52?,53?,54?,57?/m1/s1. The summed E-state index contributed by atoms with van der Waals surface area (Å²) < 4.78 is 81.2. The third kappa shape index (κ3) is 16.7. The van der Waals surface area contributed by atoms with Crippen molar-refractivity contribution in [1.82, 2.24) is 9.80 Å². The number of likely N-dealkylation sites (N-methyl/N-ethyl adjacent to an activating group) is 2. The van der Waals surface area contributed by atoms with Crippen LogP contribution in [-0.4, -0.2) is 189 Å². The van der Waals surface area contributed by atoms with Crippen LogP contribution >= 0.6 is 0 Å². The van der Waals surface area contributed by atoms with Crippen molar-refractivity contribution in [2.75, 3.05) is 35.3 Å². The van der Waals surface area contributed by atoms with Gasteiger partial charge in [0.25, 0.3) is 0 Å². The van der Waals surface area contributed by atoms with Gasteiger partial charge in [-0.25, -0.2) is 0 Å². The topological polar surface area (TPSA) is 172 Å². The lowest BCUT2D eigenvalue weighted by Gasteiger charge is -2.52. The van der Waals surface area contributed by atoms with E-state index in [4.69, 9.17) is 56.2 Å². The number of methoxy groups -OCH3 is 1. The molecular weight excluding hydrogens is 1010 g/mol. The van der Waals surface area contributed by atoms with Crippen LogP contribution < -0.4 is 0 Å². The summed E-state index contributed by atoms with van der Waals surface area (Å²) in [6.07, 6.45) is 1.11. The highest BCUT2D eigenvalue weighted by atomic mass is 28.4. The number of nitrogens with zero attached hydrogens (tertiary/aromatic N) is 2. The molecule has 20 atom stereocenters. The van der Waals surface area contributed by atoms with Crippen LogP contribution in [0.15, 0.2) is 24.3 Å². The molecule has 0 spiro atoms. The third-order valence-corrected chi connectivity index (χ3v) is 26.4. The van der Waals surface area contributed by atoms with Crippen LogP contribution in [0, 0.1) is 11.8 Å². The summed E-state index contributed by atoms with van der Waals surface area (Å²) in [5, 5.41) is 11.8. The van der Waals surface area contributed by atoms with Crippen LogP contribution in [0.25, 0.3) is 0 Å². The fraction of sp³-hybridized carbons (Fsp3) is 0.895. The van der Waals surface area contributed by atoms with Crippen molar-refractivity contribution < 1.29 is 70.9 Å². The van der Waals surface area contributed by atoms with Gasteiger partial charge in [-0.15, -0.1) is 0 Å². The number of carbonyl (C=O) groups excluding carboxylic acids is 2. The molecule has 5 heterocycles. The number of ether oxygens (including phenoxy) is 10. The smallest absolute Gasteiger partial charge is 0.308 e. The highest BCUT2D eigenvalue weighted by Crippen LogP contribution is 2.45. The molecule has 5 aliphatic rings. The summed E-state index contributed by atoms with van der Waals surface area (Å²) >= 11 is 0. The van der Waals surface area contributed by atoms with E-state index < -0.39 is 120 Å².